The van der Waals surface area contributed by atoms with Gasteiger partial charge in [-0.3, -0.25) is 14.8 Å². The highest BCUT2D eigenvalue weighted by molar-refractivity contribution is 6.35. The van der Waals surface area contributed by atoms with Gasteiger partial charge >= 0.3 is 18.7 Å². The molecule has 0 N–H and O–H groups in total. The summed E-state index contributed by atoms with van der Waals surface area (Å²) < 4.78 is 54.1. The molecule has 14 heteroatoms. The molecule has 4 aromatic rings. The van der Waals surface area contributed by atoms with Crippen molar-refractivity contribution in [3.63, 3.8) is 0 Å². The molecule has 0 unspecified atom stereocenters. The lowest BCUT2D eigenvalue weighted by Gasteiger charge is -2.44. The van der Waals surface area contributed by atoms with Crippen LogP contribution in [0, 0.1) is 5.92 Å². The van der Waals surface area contributed by atoms with E-state index in [1.165, 1.54) is 30.6 Å². The number of methoxy groups -OCH3 is 1. The lowest BCUT2D eigenvalue weighted by atomic mass is 9.86. The van der Waals surface area contributed by atoms with Gasteiger partial charge in [-0.25, -0.2) is 9.59 Å². The predicted octanol–water partition coefficient (Wildman–Crippen LogP) is 8.78. The third-order valence-electron chi connectivity index (χ3n) is 9.42. The summed E-state index contributed by atoms with van der Waals surface area (Å²) in [6.45, 7) is 1.71. The number of piperidine rings is 3. The Kier molecular flexibility index (Phi) is 12.5. The fourth-order valence-electron chi connectivity index (χ4n) is 6.70. The van der Waals surface area contributed by atoms with Crippen molar-refractivity contribution in [1.82, 2.24) is 9.88 Å². The van der Waals surface area contributed by atoms with Crippen LogP contribution in [-0.4, -0.2) is 68.0 Å². The van der Waals surface area contributed by atoms with Gasteiger partial charge in [-0.1, -0.05) is 53.5 Å². The molecule has 3 fully saturated rings. The molecule has 0 saturated carbocycles. The molecule has 3 saturated heterocycles. The summed E-state index contributed by atoms with van der Waals surface area (Å²) in [5.41, 5.74) is 2.41. The number of ether oxygens (including phenoxy) is 5. The first-order chi connectivity index (χ1) is 25.6. The molecular formula is C39H39Cl2F2N3O7. The van der Waals surface area contributed by atoms with E-state index in [9.17, 15) is 18.4 Å². The summed E-state index contributed by atoms with van der Waals surface area (Å²) in [6, 6.07) is 18.2. The normalized spacial score (nSPS) is 18.3. The minimum Gasteiger partial charge on any atom is -0.495 e. The molecule has 7 rings (SSSR count). The van der Waals surface area contributed by atoms with Gasteiger partial charge in [0.15, 0.2) is 11.5 Å². The molecule has 3 aliphatic rings. The number of rotatable bonds is 14. The molecule has 0 spiro atoms. The van der Waals surface area contributed by atoms with Crippen LogP contribution in [0.5, 0.6) is 17.2 Å². The SMILES string of the molecule is CCOc1cc([C@H](Cc2c(Cl)cncc2Cl)OC(=O)c2ccc(CN(C(=O)O[C@H]3CN4CCC3CC4)c3ccccc3OC)cc2)ccc1OC(F)F. The van der Waals surface area contributed by atoms with Crippen LogP contribution in [0.4, 0.5) is 19.3 Å². The second-order valence-corrected chi connectivity index (χ2v) is 13.5. The highest BCUT2D eigenvalue weighted by atomic mass is 35.5. The zero-order chi connectivity index (χ0) is 37.5. The summed E-state index contributed by atoms with van der Waals surface area (Å²) in [5, 5.41) is 0.523. The highest BCUT2D eigenvalue weighted by Crippen LogP contribution is 2.37. The van der Waals surface area contributed by atoms with Crippen molar-refractivity contribution < 1.29 is 42.1 Å². The second-order valence-electron chi connectivity index (χ2n) is 12.7. The molecule has 280 valence electrons. The van der Waals surface area contributed by atoms with Gasteiger partial charge < -0.3 is 23.7 Å². The standard InChI is InChI=1S/C39H39Cl2F2N3O7/c1-3-50-35-18-27(12-13-33(35)52-38(42)43)34(19-28-29(40)20-44-21-30(28)41)51-37(47)26-10-8-24(9-11-26)22-46(31-6-4-5-7-32(31)49-2)39(48)53-36-23-45-16-14-25(36)15-17-45/h4-13,18,20-21,25,34,36,38H,3,14-17,19,22-23H2,1-2H3/t34-,36-/m0/s1. The van der Waals surface area contributed by atoms with Gasteiger partial charge in [-0.05, 0) is 91.9 Å². The zero-order valence-corrected chi connectivity index (χ0v) is 30.7. The van der Waals surface area contributed by atoms with Gasteiger partial charge in [0.1, 0.15) is 18.0 Å². The van der Waals surface area contributed by atoms with Crippen molar-refractivity contribution in [1.29, 1.82) is 0 Å². The van der Waals surface area contributed by atoms with E-state index in [1.54, 1.807) is 55.3 Å². The molecule has 3 aromatic carbocycles. The number of anilines is 1. The fourth-order valence-corrected chi connectivity index (χ4v) is 7.22. The Morgan fingerprint density at radius 3 is 2.32 bits per heavy atom. The Balaban J connectivity index is 1.23. The van der Waals surface area contributed by atoms with Crippen molar-refractivity contribution in [3.05, 3.63) is 111 Å². The summed E-state index contributed by atoms with van der Waals surface area (Å²) in [4.78, 5) is 35.3. The molecule has 4 heterocycles. The van der Waals surface area contributed by atoms with Crippen LogP contribution in [-0.2, 0) is 22.4 Å². The molecule has 2 bridgehead atoms. The van der Waals surface area contributed by atoms with Gasteiger partial charge in [-0.15, -0.1) is 0 Å². The average molecular weight is 771 g/mol. The number of benzene rings is 3. The van der Waals surface area contributed by atoms with Gasteiger partial charge in [0, 0.05) is 25.4 Å². The minimum absolute atomic E-state index is 0.0419. The zero-order valence-electron chi connectivity index (χ0n) is 29.2. The molecule has 1 amide bonds. The van der Waals surface area contributed by atoms with Crippen molar-refractivity contribution >= 4 is 41.0 Å². The number of para-hydroxylation sites is 2. The molecule has 10 nitrogen and oxygen atoms in total. The molecule has 2 atom stereocenters. The quantitative estimate of drug-likeness (QED) is 0.117. The van der Waals surface area contributed by atoms with Gasteiger partial charge in [0.05, 0.1) is 41.6 Å². The minimum atomic E-state index is -3.07. The van der Waals surface area contributed by atoms with Crippen molar-refractivity contribution in [3.8, 4) is 17.2 Å². The highest BCUT2D eigenvalue weighted by Gasteiger charge is 2.38. The monoisotopic (exact) mass is 769 g/mol. The number of esters is 1. The van der Waals surface area contributed by atoms with E-state index in [0.717, 1.165) is 31.5 Å². The van der Waals surface area contributed by atoms with E-state index in [0.29, 0.717) is 35.0 Å². The Hall–Kier alpha value is -4.65. The van der Waals surface area contributed by atoms with Gasteiger partial charge in [0.2, 0.25) is 0 Å². The molecule has 53 heavy (non-hydrogen) atoms. The number of amides is 1. The third-order valence-corrected chi connectivity index (χ3v) is 10.1. The Bertz CT molecular complexity index is 1870. The van der Waals surface area contributed by atoms with E-state index in [-0.39, 0.29) is 52.8 Å². The van der Waals surface area contributed by atoms with E-state index in [2.05, 4.69) is 14.6 Å². The molecule has 1 aromatic heterocycles. The van der Waals surface area contributed by atoms with Crippen LogP contribution >= 0.6 is 23.2 Å². The van der Waals surface area contributed by atoms with Crippen LogP contribution in [0.3, 0.4) is 0 Å². The van der Waals surface area contributed by atoms with Crippen molar-refractivity contribution in [2.45, 2.75) is 51.6 Å². The number of hydrogen-bond donors (Lipinski definition) is 0. The van der Waals surface area contributed by atoms with Crippen LogP contribution in [0.2, 0.25) is 10.0 Å². The number of nitrogens with zero attached hydrogens (tertiary/aromatic N) is 3. The Morgan fingerprint density at radius 2 is 1.68 bits per heavy atom. The Labute approximate surface area is 316 Å². The summed E-state index contributed by atoms with van der Waals surface area (Å²) >= 11 is 12.9. The Morgan fingerprint density at radius 1 is 0.962 bits per heavy atom. The van der Waals surface area contributed by atoms with Crippen LogP contribution in [0.25, 0.3) is 0 Å². The predicted molar refractivity (Wildman–Crippen MR) is 195 cm³/mol. The summed E-state index contributed by atoms with van der Waals surface area (Å²) in [7, 11) is 1.54. The molecule has 3 aliphatic heterocycles. The largest absolute Gasteiger partial charge is 0.495 e. The third kappa shape index (κ3) is 9.30. The number of fused-ring (bicyclic) bond motifs is 3. The topological polar surface area (TPSA) is 99.7 Å². The van der Waals surface area contributed by atoms with Crippen molar-refractivity contribution in [2.24, 2.45) is 5.92 Å². The van der Waals surface area contributed by atoms with E-state index in [4.69, 9.17) is 42.1 Å². The van der Waals surface area contributed by atoms with Crippen LogP contribution in [0.1, 0.15) is 52.9 Å². The summed E-state index contributed by atoms with van der Waals surface area (Å²) in [6.07, 6.45) is 3.24. The maximum atomic E-state index is 13.8. The van der Waals surface area contributed by atoms with Crippen LogP contribution in [0.15, 0.2) is 79.1 Å². The maximum Gasteiger partial charge on any atom is 0.415 e. The maximum absolute atomic E-state index is 13.8. The van der Waals surface area contributed by atoms with E-state index >= 15 is 0 Å². The number of hydrogen-bond acceptors (Lipinski definition) is 9. The lowest BCUT2D eigenvalue weighted by molar-refractivity contribution is -0.0514. The second kappa shape index (κ2) is 17.5. The van der Waals surface area contributed by atoms with Crippen LogP contribution < -0.4 is 19.1 Å². The van der Waals surface area contributed by atoms with Gasteiger partial charge in [0.25, 0.3) is 0 Å². The summed E-state index contributed by atoms with van der Waals surface area (Å²) in [5.74, 6) is 0.0607. The van der Waals surface area contributed by atoms with Crippen molar-refractivity contribution in [2.75, 3.05) is 38.3 Å². The first-order valence-electron chi connectivity index (χ1n) is 17.3. The van der Waals surface area contributed by atoms with E-state index < -0.39 is 24.8 Å². The molecular weight excluding hydrogens is 731 g/mol. The number of alkyl halides is 2. The number of carbonyl (C=O) groups is 2. The molecule has 0 radical (unpaired) electrons. The van der Waals surface area contributed by atoms with E-state index in [1.807, 2.05) is 12.1 Å². The lowest BCUT2D eigenvalue weighted by Crippen LogP contribution is -2.53. The fraction of sp³-hybridized carbons (Fsp3) is 0.359. The number of pyridine rings is 1. The smallest absolute Gasteiger partial charge is 0.415 e. The first-order valence-corrected chi connectivity index (χ1v) is 18.0. The average Bonchev–Trinajstić information content (AvgIpc) is 3.16. The number of halogens is 4. The molecule has 0 aliphatic carbocycles. The number of aromatic nitrogens is 1. The number of carbonyl (C=O) groups excluding carboxylic acids is 2. The first kappa shape index (κ1) is 38.1. The van der Waals surface area contributed by atoms with Gasteiger partial charge in [-0.2, -0.15) is 8.78 Å².